The second-order valence-corrected chi connectivity index (χ2v) is 8.70. The summed E-state index contributed by atoms with van der Waals surface area (Å²) in [6.45, 7) is 2.48. The number of nitrogens with zero attached hydrogens (tertiary/aromatic N) is 5. The lowest BCUT2D eigenvalue weighted by Gasteiger charge is -2.19. The molecule has 0 saturated carbocycles. The molecule has 1 aromatic carbocycles. The molecule has 8 nitrogen and oxygen atoms in total. The van der Waals surface area contributed by atoms with Crippen LogP contribution in [0.4, 0.5) is 0 Å². The van der Waals surface area contributed by atoms with Crippen LogP contribution in [0.1, 0.15) is 28.8 Å². The van der Waals surface area contributed by atoms with Crippen molar-refractivity contribution in [3.05, 3.63) is 72.1 Å². The van der Waals surface area contributed by atoms with Crippen molar-refractivity contribution in [2.45, 2.75) is 24.9 Å². The zero-order chi connectivity index (χ0) is 20.6. The average molecular weight is 411 g/mol. The molecule has 0 fully saturated rings. The summed E-state index contributed by atoms with van der Waals surface area (Å²) in [5.74, 6) is -0.280. The number of aromatic nitrogens is 3. The Labute approximate surface area is 169 Å². The molecule has 1 amide bonds. The first-order valence-electron chi connectivity index (χ1n) is 9.24. The summed E-state index contributed by atoms with van der Waals surface area (Å²) in [5.41, 5.74) is 2.06. The highest BCUT2D eigenvalue weighted by molar-refractivity contribution is 7.89. The number of rotatable bonds is 4. The van der Waals surface area contributed by atoms with Gasteiger partial charge in [0, 0.05) is 19.8 Å². The number of hydrogen-bond donors (Lipinski definition) is 0. The van der Waals surface area contributed by atoms with Gasteiger partial charge in [-0.2, -0.15) is 4.31 Å². The minimum atomic E-state index is -3.67. The fourth-order valence-electron chi connectivity index (χ4n) is 3.45. The van der Waals surface area contributed by atoms with E-state index in [1.54, 1.807) is 49.0 Å². The lowest BCUT2D eigenvalue weighted by Crippen LogP contribution is -2.32. The summed E-state index contributed by atoms with van der Waals surface area (Å²) >= 11 is 0. The Kier molecular flexibility index (Phi) is 4.93. The largest absolute Gasteiger partial charge is 0.334 e. The van der Waals surface area contributed by atoms with E-state index in [-0.39, 0.29) is 23.0 Å². The molecule has 3 heterocycles. The summed E-state index contributed by atoms with van der Waals surface area (Å²) < 4.78 is 29.2. The maximum Gasteiger partial charge on any atom is 0.274 e. The fourth-order valence-corrected chi connectivity index (χ4v) is 5.04. The van der Waals surface area contributed by atoms with Crippen molar-refractivity contribution in [1.82, 2.24) is 23.7 Å². The summed E-state index contributed by atoms with van der Waals surface area (Å²) in [6, 6.07) is 12.3. The maximum absolute atomic E-state index is 13.1. The standard InChI is InChI=1S/C20H21N5O3S/c1-3-24-13-17-19(20(26)23(2)12-15-8-6-7-11-21-15)22-14-25(17)16-9-4-5-10-18(16)29(24,27)28/h4-11,14H,3,12-13H2,1-2H3. The van der Waals surface area contributed by atoms with Gasteiger partial charge in [0.25, 0.3) is 5.91 Å². The summed E-state index contributed by atoms with van der Waals surface area (Å²) in [4.78, 5) is 23.5. The van der Waals surface area contributed by atoms with Crippen molar-refractivity contribution in [2.75, 3.05) is 13.6 Å². The molecule has 150 valence electrons. The minimum Gasteiger partial charge on any atom is -0.334 e. The quantitative estimate of drug-likeness (QED) is 0.656. The highest BCUT2D eigenvalue weighted by atomic mass is 32.2. The molecule has 0 bridgehead atoms. The molecule has 1 aliphatic rings. The van der Waals surface area contributed by atoms with Gasteiger partial charge in [0.05, 0.1) is 30.2 Å². The smallest absolute Gasteiger partial charge is 0.274 e. The van der Waals surface area contributed by atoms with Crippen molar-refractivity contribution in [3.8, 4) is 5.69 Å². The third-order valence-corrected chi connectivity index (χ3v) is 6.93. The van der Waals surface area contributed by atoms with Crippen LogP contribution in [0.15, 0.2) is 59.9 Å². The third kappa shape index (κ3) is 3.32. The third-order valence-electron chi connectivity index (χ3n) is 4.96. The van der Waals surface area contributed by atoms with Crippen molar-refractivity contribution in [2.24, 2.45) is 0 Å². The summed E-state index contributed by atoms with van der Waals surface area (Å²) in [7, 11) is -1.99. The Hall–Kier alpha value is -3.04. The molecular formula is C20H21N5O3S. The number of benzene rings is 1. The van der Waals surface area contributed by atoms with Crippen molar-refractivity contribution in [3.63, 3.8) is 0 Å². The van der Waals surface area contributed by atoms with Crippen molar-refractivity contribution < 1.29 is 13.2 Å². The monoisotopic (exact) mass is 411 g/mol. The first-order chi connectivity index (χ1) is 13.9. The van der Waals surface area contributed by atoms with Crippen LogP contribution in [0, 0.1) is 0 Å². The van der Waals surface area contributed by atoms with Crippen LogP contribution >= 0.6 is 0 Å². The molecule has 9 heteroatoms. The second kappa shape index (κ2) is 7.41. The first-order valence-corrected chi connectivity index (χ1v) is 10.7. The normalized spacial score (nSPS) is 15.2. The Morgan fingerprint density at radius 2 is 1.90 bits per heavy atom. The maximum atomic E-state index is 13.1. The zero-order valence-electron chi connectivity index (χ0n) is 16.2. The zero-order valence-corrected chi connectivity index (χ0v) is 17.0. The van der Waals surface area contributed by atoms with E-state index in [1.807, 2.05) is 18.2 Å². The highest BCUT2D eigenvalue weighted by Gasteiger charge is 2.34. The fraction of sp³-hybridized carbons (Fsp3) is 0.250. The number of sulfonamides is 1. The molecule has 0 atom stereocenters. The number of hydrogen-bond acceptors (Lipinski definition) is 5. The summed E-state index contributed by atoms with van der Waals surface area (Å²) in [5, 5.41) is 0. The van der Waals surface area contributed by atoms with E-state index in [9.17, 15) is 13.2 Å². The predicted octanol–water partition coefficient (Wildman–Crippen LogP) is 2.06. The number of imidazole rings is 1. The van der Waals surface area contributed by atoms with Gasteiger partial charge in [-0.05, 0) is 24.3 Å². The van der Waals surface area contributed by atoms with Gasteiger partial charge in [0.2, 0.25) is 10.0 Å². The molecule has 0 unspecified atom stereocenters. The van der Waals surface area contributed by atoms with Crippen LogP contribution in [0.2, 0.25) is 0 Å². The van der Waals surface area contributed by atoms with Crippen LogP contribution < -0.4 is 0 Å². The molecule has 4 rings (SSSR count). The molecular weight excluding hydrogens is 390 g/mol. The van der Waals surface area contributed by atoms with Crippen LogP contribution in [-0.4, -0.2) is 51.7 Å². The first kappa shape index (κ1) is 19.3. The van der Waals surface area contributed by atoms with E-state index in [4.69, 9.17) is 0 Å². The van der Waals surface area contributed by atoms with Gasteiger partial charge in [0.1, 0.15) is 11.2 Å². The van der Waals surface area contributed by atoms with E-state index >= 15 is 0 Å². The Morgan fingerprint density at radius 3 is 2.62 bits per heavy atom. The lowest BCUT2D eigenvalue weighted by atomic mass is 10.2. The second-order valence-electron chi connectivity index (χ2n) is 6.79. The van der Waals surface area contributed by atoms with Gasteiger partial charge in [-0.15, -0.1) is 0 Å². The van der Waals surface area contributed by atoms with Gasteiger partial charge < -0.3 is 4.90 Å². The van der Waals surface area contributed by atoms with Gasteiger partial charge in [-0.3, -0.25) is 14.3 Å². The molecule has 1 aliphatic heterocycles. The number of carbonyl (C=O) groups is 1. The SMILES string of the molecule is CCN1Cc2c(C(=O)N(C)Cc3ccccn3)ncn2-c2ccccc2S1(=O)=O. The molecule has 0 spiro atoms. The lowest BCUT2D eigenvalue weighted by molar-refractivity contribution is 0.0776. The molecule has 2 aromatic heterocycles. The van der Waals surface area contributed by atoms with Gasteiger partial charge in [-0.25, -0.2) is 13.4 Å². The summed E-state index contributed by atoms with van der Waals surface area (Å²) in [6.07, 6.45) is 3.20. The predicted molar refractivity (Wildman–Crippen MR) is 107 cm³/mol. The Bertz CT molecular complexity index is 1160. The van der Waals surface area contributed by atoms with Crippen molar-refractivity contribution in [1.29, 1.82) is 0 Å². The van der Waals surface area contributed by atoms with E-state index in [0.717, 1.165) is 5.69 Å². The topological polar surface area (TPSA) is 88.4 Å². The van der Waals surface area contributed by atoms with Crippen LogP contribution in [0.25, 0.3) is 5.69 Å². The van der Waals surface area contributed by atoms with E-state index in [1.165, 1.54) is 15.5 Å². The number of pyridine rings is 1. The van der Waals surface area contributed by atoms with Gasteiger partial charge in [0.15, 0.2) is 5.69 Å². The number of amides is 1. The molecule has 0 saturated heterocycles. The van der Waals surface area contributed by atoms with E-state index in [2.05, 4.69) is 9.97 Å². The Morgan fingerprint density at radius 1 is 1.14 bits per heavy atom. The van der Waals surface area contributed by atoms with Crippen molar-refractivity contribution >= 4 is 15.9 Å². The highest BCUT2D eigenvalue weighted by Crippen LogP contribution is 2.31. The molecule has 0 radical (unpaired) electrons. The van der Waals surface area contributed by atoms with Crippen LogP contribution in [-0.2, 0) is 23.1 Å². The Balaban J connectivity index is 1.76. The van der Waals surface area contributed by atoms with E-state index < -0.39 is 10.0 Å². The number of fused-ring (bicyclic) bond motifs is 3. The number of para-hydroxylation sites is 1. The molecule has 29 heavy (non-hydrogen) atoms. The van der Waals surface area contributed by atoms with Gasteiger partial charge >= 0.3 is 0 Å². The van der Waals surface area contributed by atoms with Gasteiger partial charge in [-0.1, -0.05) is 25.1 Å². The van der Waals surface area contributed by atoms with Crippen LogP contribution in [0.3, 0.4) is 0 Å². The molecule has 3 aromatic rings. The van der Waals surface area contributed by atoms with E-state index in [0.29, 0.717) is 24.5 Å². The minimum absolute atomic E-state index is 0.0754. The molecule has 0 aliphatic carbocycles. The molecule has 0 N–H and O–H groups in total. The average Bonchev–Trinajstić information content (AvgIpc) is 3.11. The number of carbonyl (C=O) groups excluding carboxylic acids is 1. The van der Waals surface area contributed by atoms with Crippen LogP contribution in [0.5, 0.6) is 0 Å².